The molecule has 1 nitrogen and oxygen atoms in total. The third kappa shape index (κ3) is 1.48. The van der Waals surface area contributed by atoms with E-state index in [-0.39, 0.29) is 0 Å². The molecule has 0 spiro atoms. The molecule has 0 atom stereocenters. The molecule has 1 heteroatoms. The van der Waals surface area contributed by atoms with Crippen molar-refractivity contribution in [1.29, 1.82) is 0 Å². The molecule has 0 N–H and O–H groups in total. The fourth-order valence-electron chi connectivity index (χ4n) is 0.959. The van der Waals surface area contributed by atoms with Crippen LogP contribution in [0.2, 0.25) is 0 Å². The second kappa shape index (κ2) is 2.31. The van der Waals surface area contributed by atoms with Crippen molar-refractivity contribution in [3.63, 3.8) is 0 Å². The molecule has 1 rings (SSSR count). The average molecular weight is 98.2 g/mol. The van der Waals surface area contributed by atoms with E-state index in [4.69, 9.17) is 0 Å². The second-order valence-corrected chi connectivity index (χ2v) is 2.18. The van der Waals surface area contributed by atoms with Gasteiger partial charge in [-0.3, -0.25) is 0 Å². The first-order chi connectivity index (χ1) is 3.39. The van der Waals surface area contributed by atoms with Crippen LogP contribution in [0.3, 0.4) is 0 Å². The first-order valence-electron chi connectivity index (χ1n) is 2.95. The van der Waals surface area contributed by atoms with Crippen molar-refractivity contribution in [3.05, 3.63) is 7.05 Å². The van der Waals surface area contributed by atoms with Crippen molar-refractivity contribution < 1.29 is 0 Å². The van der Waals surface area contributed by atoms with Crippen LogP contribution >= 0.6 is 0 Å². The Hall–Kier alpha value is -0.0400. The van der Waals surface area contributed by atoms with Crippen molar-refractivity contribution >= 4 is 0 Å². The lowest BCUT2D eigenvalue weighted by molar-refractivity contribution is 0.305. The molecular formula is C6H12N. The highest BCUT2D eigenvalue weighted by Gasteiger charge is 2.02. The van der Waals surface area contributed by atoms with Gasteiger partial charge in [-0.25, -0.2) is 0 Å². The summed E-state index contributed by atoms with van der Waals surface area (Å²) in [5.41, 5.74) is 0. The van der Waals surface area contributed by atoms with Crippen LogP contribution in [0.5, 0.6) is 0 Å². The number of hydrogen-bond acceptors (Lipinski definition) is 1. The zero-order valence-corrected chi connectivity index (χ0v) is 4.69. The van der Waals surface area contributed by atoms with E-state index in [0.717, 1.165) is 0 Å². The van der Waals surface area contributed by atoms with Gasteiger partial charge in [-0.2, -0.15) is 0 Å². The molecule has 1 saturated heterocycles. The summed E-state index contributed by atoms with van der Waals surface area (Å²) in [6.45, 7) is 2.42. The Kier molecular flexibility index (Phi) is 1.69. The Balaban J connectivity index is 2.12. The van der Waals surface area contributed by atoms with E-state index in [1.807, 2.05) is 0 Å². The van der Waals surface area contributed by atoms with Crippen LogP contribution in [0.15, 0.2) is 0 Å². The molecule has 1 radical (unpaired) electrons. The molecule has 7 heavy (non-hydrogen) atoms. The molecule has 0 amide bonds. The first-order valence-corrected chi connectivity index (χ1v) is 2.95. The number of likely N-dealkylation sites (tertiary alicyclic amines) is 1. The van der Waals surface area contributed by atoms with Crippen molar-refractivity contribution in [2.45, 2.75) is 19.3 Å². The van der Waals surface area contributed by atoms with Crippen LogP contribution < -0.4 is 0 Å². The maximum atomic E-state index is 3.83. The van der Waals surface area contributed by atoms with E-state index in [1.54, 1.807) is 0 Å². The molecule has 0 aromatic heterocycles. The second-order valence-electron chi connectivity index (χ2n) is 2.18. The lowest BCUT2D eigenvalue weighted by Gasteiger charge is -2.20. The van der Waals surface area contributed by atoms with Gasteiger partial charge in [0.15, 0.2) is 0 Å². The van der Waals surface area contributed by atoms with Gasteiger partial charge in [-0.15, -0.1) is 0 Å². The molecule has 1 aliphatic heterocycles. The maximum absolute atomic E-state index is 3.83. The summed E-state index contributed by atoms with van der Waals surface area (Å²) in [6, 6.07) is 0. The summed E-state index contributed by atoms with van der Waals surface area (Å²) >= 11 is 0. The maximum Gasteiger partial charge on any atom is 0.0109 e. The van der Waals surface area contributed by atoms with Gasteiger partial charge in [0, 0.05) is 7.05 Å². The standard InChI is InChI=1S/C6H12N/c1-7-5-3-2-4-6-7/h1-6H2. The Morgan fingerprint density at radius 3 is 1.86 bits per heavy atom. The third-order valence-electron chi connectivity index (χ3n) is 1.45. The predicted octanol–water partition coefficient (Wildman–Crippen LogP) is 1.26. The summed E-state index contributed by atoms with van der Waals surface area (Å²) < 4.78 is 0. The highest BCUT2D eigenvalue weighted by Crippen LogP contribution is 2.05. The van der Waals surface area contributed by atoms with Crippen molar-refractivity contribution in [3.8, 4) is 0 Å². The minimum Gasteiger partial charge on any atom is -0.302 e. The quantitative estimate of drug-likeness (QED) is 0.441. The number of rotatable bonds is 0. The largest absolute Gasteiger partial charge is 0.302 e. The van der Waals surface area contributed by atoms with Gasteiger partial charge in [0.1, 0.15) is 0 Å². The molecular weight excluding hydrogens is 86.1 g/mol. The van der Waals surface area contributed by atoms with Crippen LogP contribution in [0.1, 0.15) is 19.3 Å². The van der Waals surface area contributed by atoms with E-state index in [2.05, 4.69) is 11.9 Å². The van der Waals surface area contributed by atoms with Gasteiger partial charge in [-0.05, 0) is 25.9 Å². The summed E-state index contributed by atoms with van der Waals surface area (Å²) in [7, 11) is 3.83. The molecule has 0 unspecified atom stereocenters. The smallest absolute Gasteiger partial charge is 0.0109 e. The highest BCUT2D eigenvalue weighted by atomic mass is 15.1. The van der Waals surface area contributed by atoms with Gasteiger partial charge >= 0.3 is 0 Å². The molecule has 0 saturated carbocycles. The molecule has 0 aliphatic carbocycles. The normalized spacial score (nSPS) is 25.3. The monoisotopic (exact) mass is 98.1 g/mol. The molecule has 1 heterocycles. The van der Waals surface area contributed by atoms with Gasteiger partial charge in [-0.1, -0.05) is 6.42 Å². The highest BCUT2D eigenvalue weighted by molar-refractivity contribution is 4.61. The lowest BCUT2D eigenvalue weighted by atomic mass is 10.1. The molecule has 0 aromatic carbocycles. The van der Waals surface area contributed by atoms with Crippen LogP contribution in [-0.4, -0.2) is 18.0 Å². The van der Waals surface area contributed by atoms with Gasteiger partial charge < -0.3 is 4.90 Å². The minimum atomic E-state index is 1.21. The van der Waals surface area contributed by atoms with E-state index < -0.39 is 0 Å². The molecule has 1 aliphatic rings. The molecule has 41 valence electrons. The summed E-state index contributed by atoms with van der Waals surface area (Å²) in [5.74, 6) is 0. The average Bonchev–Trinajstić information content (AvgIpc) is 1.69. The van der Waals surface area contributed by atoms with Crippen LogP contribution in [0, 0.1) is 7.05 Å². The molecule has 0 aromatic rings. The lowest BCUT2D eigenvalue weighted by Crippen LogP contribution is -2.22. The Labute approximate surface area is 45.3 Å². The Bertz CT molecular complexity index is 46.1. The van der Waals surface area contributed by atoms with Crippen LogP contribution in [0.4, 0.5) is 0 Å². The SMILES string of the molecule is [CH2]N1CCCCC1. The Morgan fingerprint density at radius 2 is 1.57 bits per heavy atom. The van der Waals surface area contributed by atoms with Gasteiger partial charge in [0.2, 0.25) is 0 Å². The molecule has 1 fully saturated rings. The third-order valence-corrected chi connectivity index (χ3v) is 1.45. The van der Waals surface area contributed by atoms with E-state index >= 15 is 0 Å². The predicted molar refractivity (Wildman–Crippen MR) is 30.8 cm³/mol. The minimum absolute atomic E-state index is 1.21. The van der Waals surface area contributed by atoms with Crippen molar-refractivity contribution in [2.24, 2.45) is 0 Å². The zero-order valence-electron chi connectivity index (χ0n) is 4.69. The van der Waals surface area contributed by atoms with E-state index in [9.17, 15) is 0 Å². The summed E-state index contributed by atoms with van der Waals surface area (Å²) in [4.78, 5) is 2.14. The summed E-state index contributed by atoms with van der Waals surface area (Å²) in [5, 5.41) is 0. The topological polar surface area (TPSA) is 3.24 Å². The Morgan fingerprint density at radius 1 is 1.00 bits per heavy atom. The van der Waals surface area contributed by atoms with Gasteiger partial charge in [0.25, 0.3) is 0 Å². The number of piperidine rings is 1. The fourth-order valence-corrected chi connectivity index (χ4v) is 0.959. The number of nitrogens with zero attached hydrogens (tertiary/aromatic N) is 1. The van der Waals surface area contributed by atoms with E-state index in [0.29, 0.717) is 0 Å². The number of hydrogen-bond donors (Lipinski definition) is 0. The van der Waals surface area contributed by atoms with Gasteiger partial charge in [0.05, 0.1) is 0 Å². The molecule has 0 bridgehead atoms. The first kappa shape index (κ1) is 5.10. The van der Waals surface area contributed by atoms with Crippen molar-refractivity contribution in [1.82, 2.24) is 4.90 Å². The van der Waals surface area contributed by atoms with Crippen LogP contribution in [-0.2, 0) is 0 Å². The fraction of sp³-hybridized carbons (Fsp3) is 0.833. The summed E-state index contributed by atoms with van der Waals surface area (Å²) in [6.07, 6.45) is 4.11. The van der Waals surface area contributed by atoms with Crippen molar-refractivity contribution in [2.75, 3.05) is 13.1 Å². The zero-order chi connectivity index (χ0) is 5.11. The van der Waals surface area contributed by atoms with E-state index in [1.165, 1.54) is 32.4 Å². The van der Waals surface area contributed by atoms with Crippen LogP contribution in [0.25, 0.3) is 0 Å².